The van der Waals surface area contributed by atoms with Crippen LogP contribution in [0.1, 0.15) is 30.7 Å². The van der Waals surface area contributed by atoms with Gasteiger partial charge < -0.3 is 15.1 Å². The lowest BCUT2D eigenvalue weighted by atomic mass is 9.96. The molecule has 0 radical (unpaired) electrons. The van der Waals surface area contributed by atoms with E-state index in [2.05, 4.69) is 15.5 Å². The van der Waals surface area contributed by atoms with Crippen LogP contribution in [0.5, 0.6) is 0 Å². The lowest BCUT2D eigenvalue weighted by Crippen LogP contribution is -2.45. The fraction of sp³-hybridized carbons (Fsp3) is 0.643. The molecule has 2 rings (SSSR count). The fourth-order valence-corrected chi connectivity index (χ4v) is 2.60. The van der Waals surface area contributed by atoms with Crippen molar-refractivity contribution in [1.29, 1.82) is 0 Å². The minimum atomic E-state index is -2.75. The van der Waals surface area contributed by atoms with E-state index in [1.54, 1.807) is 25.9 Å². The van der Waals surface area contributed by atoms with Crippen LogP contribution in [0.4, 0.5) is 19.3 Å². The molecule has 128 valence electrons. The number of hydrogen-bond acceptors (Lipinski definition) is 3. The average Bonchev–Trinajstić information content (AvgIpc) is 2.87. The minimum Gasteiger partial charge on any atom is -0.331 e. The van der Waals surface area contributed by atoms with Crippen molar-refractivity contribution in [3.8, 4) is 0 Å². The van der Waals surface area contributed by atoms with E-state index in [4.69, 9.17) is 0 Å². The highest BCUT2D eigenvalue weighted by atomic mass is 19.3. The van der Waals surface area contributed by atoms with Gasteiger partial charge in [0.1, 0.15) is 0 Å². The maximum absolute atomic E-state index is 12.9. The molecular formula is C14H21F2N5O2. The van der Waals surface area contributed by atoms with Crippen LogP contribution in [0.3, 0.4) is 0 Å². The molecule has 1 aromatic rings. The van der Waals surface area contributed by atoms with E-state index in [-0.39, 0.29) is 23.5 Å². The van der Waals surface area contributed by atoms with Gasteiger partial charge in [0.05, 0.1) is 11.4 Å². The predicted octanol–water partition coefficient (Wildman–Crippen LogP) is 1.99. The third kappa shape index (κ3) is 3.77. The number of anilines is 1. The number of carbonyl (C=O) groups is 2. The quantitative estimate of drug-likeness (QED) is 0.890. The van der Waals surface area contributed by atoms with Crippen LogP contribution in [0, 0.1) is 12.8 Å². The van der Waals surface area contributed by atoms with Crippen LogP contribution in [0.2, 0.25) is 0 Å². The maximum atomic E-state index is 12.9. The Kier molecular flexibility index (Phi) is 5.17. The maximum Gasteiger partial charge on any atom is 0.319 e. The van der Waals surface area contributed by atoms with Crippen molar-refractivity contribution in [3.05, 3.63) is 11.4 Å². The molecule has 3 amide bonds. The van der Waals surface area contributed by atoms with E-state index in [0.717, 1.165) is 0 Å². The SMILES string of the molecule is Cc1[nH]nc(C(F)F)c1NC(=O)C1CCN(C(=O)N(C)C)CC1. The highest BCUT2D eigenvalue weighted by Crippen LogP contribution is 2.28. The summed E-state index contributed by atoms with van der Waals surface area (Å²) in [5, 5.41) is 8.53. The molecule has 0 unspecified atom stereocenters. The highest BCUT2D eigenvalue weighted by molar-refractivity contribution is 5.93. The predicted molar refractivity (Wildman–Crippen MR) is 80.3 cm³/mol. The molecule has 1 aliphatic heterocycles. The molecule has 23 heavy (non-hydrogen) atoms. The molecule has 9 heteroatoms. The van der Waals surface area contributed by atoms with Crippen LogP contribution in [-0.2, 0) is 4.79 Å². The smallest absolute Gasteiger partial charge is 0.319 e. The van der Waals surface area contributed by atoms with E-state index >= 15 is 0 Å². The molecule has 1 aromatic heterocycles. The molecule has 0 saturated carbocycles. The highest BCUT2D eigenvalue weighted by Gasteiger charge is 2.29. The van der Waals surface area contributed by atoms with Crippen molar-refractivity contribution in [2.45, 2.75) is 26.2 Å². The van der Waals surface area contributed by atoms with Gasteiger partial charge in [0.15, 0.2) is 5.69 Å². The third-order valence-electron chi connectivity index (χ3n) is 3.95. The van der Waals surface area contributed by atoms with Crippen molar-refractivity contribution in [2.24, 2.45) is 5.92 Å². The number of halogens is 2. The fourth-order valence-electron chi connectivity index (χ4n) is 2.60. The second-order valence-corrected chi connectivity index (χ2v) is 5.84. The van der Waals surface area contributed by atoms with Crippen molar-refractivity contribution in [1.82, 2.24) is 20.0 Å². The third-order valence-corrected chi connectivity index (χ3v) is 3.95. The Morgan fingerprint density at radius 2 is 1.96 bits per heavy atom. The number of aromatic amines is 1. The first kappa shape index (κ1) is 17.2. The topological polar surface area (TPSA) is 81.3 Å². The largest absolute Gasteiger partial charge is 0.331 e. The van der Waals surface area contributed by atoms with Gasteiger partial charge in [-0.1, -0.05) is 0 Å². The first-order valence-corrected chi connectivity index (χ1v) is 7.41. The number of urea groups is 1. The molecule has 1 aliphatic rings. The van der Waals surface area contributed by atoms with Gasteiger partial charge in [-0.15, -0.1) is 0 Å². The number of H-pyrrole nitrogens is 1. The summed E-state index contributed by atoms with van der Waals surface area (Å²) >= 11 is 0. The Morgan fingerprint density at radius 1 is 1.35 bits per heavy atom. The summed E-state index contributed by atoms with van der Waals surface area (Å²) < 4.78 is 25.7. The van der Waals surface area contributed by atoms with E-state index in [9.17, 15) is 18.4 Å². The van der Waals surface area contributed by atoms with Crippen molar-refractivity contribution in [3.63, 3.8) is 0 Å². The second-order valence-electron chi connectivity index (χ2n) is 5.84. The summed E-state index contributed by atoms with van der Waals surface area (Å²) in [6.07, 6.45) is -1.74. The number of nitrogens with zero attached hydrogens (tertiary/aromatic N) is 3. The normalized spacial score (nSPS) is 15.8. The monoisotopic (exact) mass is 329 g/mol. The van der Waals surface area contributed by atoms with Gasteiger partial charge in [0.25, 0.3) is 6.43 Å². The summed E-state index contributed by atoms with van der Waals surface area (Å²) in [4.78, 5) is 27.3. The number of amides is 3. The van der Waals surface area contributed by atoms with Gasteiger partial charge in [-0.3, -0.25) is 9.89 Å². The number of rotatable bonds is 3. The Bertz CT molecular complexity index is 580. The Balaban J connectivity index is 1.96. The molecule has 0 bridgehead atoms. The van der Waals surface area contributed by atoms with Crippen molar-refractivity contribution in [2.75, 3.05) is 32.5 Å². The van der Waals surface area contributed by atoms with Crippen LogP contribution >= 0.6 is 0 Å². The molecule has 7 nitrogen and oxygen atoms in total. The molecule has 0 spiro atoms. The van der Waals surface area contributed by atoms with E-state index in [1.165, 1.54) is 4.90 Å². The van der Waals surface area contributed by atoms with Crippen LogP contribution in [0.25, 0.3) is 0 Å². The van der Waals surface area contributed by atoms with Crippen molar-refractivity contribution < 1.29 is 18.4 Å². The van der Waals surface area contributed by atoms with Gasteiger partial charge in [0, 0.05) is 33.1 Å². The Morgan fingerprint density at radius 3 is 2.48 bits per heavy atom. The number of piperidine rings is 1. The average molecular weight is 329 g/mol. The molecule has 1 fully saturated rings. The van der Waals surface area contributed by atoms with Crippen LogP contribution in [0.15, 0.2) is 0 Å². The number of aryl methyl sites for hydroxylation is 1. The van der Waals surface area contributed by atoms with Gasteiger partial charge in [-0.25, -0.2) is 13.6 Å². The molecule has 0 atom stereocenters. The molecule has 0 aromatic carbocycles. The van der Waals surface area contributed by atoms with Crippen LogP contribution in [-0.4, -0.2) is 59.1 Å². The first-order valence-electron chi connectivity index (χ1n) is 7.41. The molecular weight excluding hydrogens is 308 g/mol. The van der Waals surface area contributed by atoms with E-state index < -0.39 is 12.1 Å². The van der Waals surface area contributed by atoms with E-state index in [0.29, 0.717) is 31.6 Å². The Hall–Kier alpha value is -2.19. The zero-order valence-corrected chi connectivity index (χ0v) is 13.4. The lowest BCUT2D eigenvalue weighted by Gasteiger charge is -2.33. The van der Waals surface area contributed by atoms with Gasteiger partial charge in [-0.05, 0) is 19.8 Å². The number of likely N-dealkylation sites (tertiary alicyclic amines) is 1. The molecule has 2 N–H and O–H groups in total. The van der Waals surface area contributed by atoms with Crippen LogP contribution < -0.4 is 5.32 Å². The summed E-state index contributed by atoms with van der Waals surface area (Å²) in [7, 11) is 3.35. The van der Waals surface area contributed by atoms with Gasteiger partial charge in [-0.2, -0.15) is 5.10 Å². The number of alkyl halides is 2. The number of hydrogen-bond donors (Lipinski definition) is 2. The summed E-state index contributed by atoms with van der Waals surface area (Å²) in [6.45, 7) is 2.52. The zero-order valence-electron chi connectivity index (χ0n) is 13.4. The molecule has 2 heterocycles. The number of carbonyl (C=O) groups excluding carboxylic acids is 2. The number of aromatic nitrogens is 2. The minimum absolute atomic E-state index is 0.0526. The summed E-state index contributed by atoms with van der Waals surface area (Å²) in [6, 6.07) is -0.0884. The Labute approximate surface area is 133 Å². The van der Waals surface area contributed by atoms with Gasteiger partial charge in [0.2, 0.25) is 5.91 Å². The first-order chi connectivity index (χ1) is 10.8. The number of nitrogens with one attached hydrogen (secondary N) is 2. The lowest BCUT2D eigenvalue weighted by molar-refractivity contribution is -0.121. The van der Waals surface area contributed by atoms with Crippen molar-refractivity contribution >= 4 is 17.6 Å². The molecule has 0 aliphatic carbocycles. The summed E-state index contributed by atoms with van der Waals surface area (Å²) in [5.74, 6) is -0.616. The zero-order chi connectivity index (χ0) is 17.1. The van der Waals surface area contributed by atoms with E-state index in [1.807, 2.05) is 0 Å². The molecule has 1 saturated heterocycles. The van der Waals surface area contributed by atoms with Gasteiger partial charge >= 0.3 is 6.03 Å². The summed E-state index contributed by atoms with van der Waals surface area (Å²) in [5.41, 5.74) is 0.00161. The second kappa shape index (κ2) is 6.93. The standard InChI is InChI=1S/C14H21F2N5O2/c1-8-10(11(12(15)16)19-18-8)17-13(22)9-4-6-21(7-5-9)14(23)20(2)3/h9,12H,4-7H2,1-3H3,(H,17,22)(H,18,19).